The first kappa shape index (κ1) is 17.9. The Balaban J connectivity index is 2.43. The Morgan fingerprint density at radius 1 is 1.36 bits per heavy atom. The Morgan fingerprint density at radius 2 is 2.00 bits per heavy atom. The highest BCUT2D eigenvalue weighted by molar-refractivity contribution is 14.2. The lowest BCUT2D eigenvalue weighted by atomic mass is 9.82. The molecular weight excluding hydrogens is 414 g/mol. The van der Waals surface area contributed by atoms with Gasteiger partial charge < -0.3 is 14.3 Å². The molecule has 1 radical (unpaired) electrons. The second kappa shape index (κ2) is 6.22. The molecule has 5 nitrogen and oxygen atoms in total. The number of hydrogen-bond donors (Lipinski definition) is 1. The molecule has 8 heteroatoms. The Bertz CT molecular complexity index is 749. The van der Waals surface area contributed by atoms with E-state index in [1.165, 1.54) is 13.7 Å². The number of aromatic nitrogens is 2. The van der Waals surface area contributed by atoms with Crippen molar-refractivity contribution in [2.24, 2.45) is 7.05 Å². The molecule has 2 aromatic rings. The van der Waals surface area contributed by atoms with Crippen LogP contribution in [0.4, 0.5) is 0 Å². The molecule has 0 aromatic carbocycles. The van der Waals surface area contributed by atoms with Crippen molar-refractivity contribution < 1.29 is 9.76 Å². The average Bonchev–Trinajstić information content (AvgIpc) is 2.84. The molecule has 0 spiro atoms. The molecule has 0 aliphatic carbocycles. The topological polar surface area (TPSA) is 56.4 Å². The zero-order chi connectivity index (χ0) is 16.7. The monoisotopic (exact) mass is 433 g/mol. The predicted molar refractivity (Wildman–Crippen MR) is 101 cm³/mol. The van der Waals surface area contributed by atoms with Crippen LogP contribution < -0.4 is 11.0 Å². The van der Waals surface area contributed by atoms with Crippen molar-refractivity contribution in [1.82, 2.24) is 8.54 Å². The molecule has 0 atom stereocenters. The van der Waals surface area contributed by atoms with Gasteiger partial charge in [0, 0.05) is 55.2 Å². The molecule has 0 aliphatic rings. The van der Waals surface area contributed by atoms with Crippen LogP contribution in [-0.4, -0.2) is 32.3 Å². The Hall–Kier alpha value is -0.445. The van der Waals surface area contributed by atoms with Crippen molar-refractivity contribution in [2.75, 3.05) is 0 Å². The van der Waals surface area contributed by atoms with E-state index >= 15 is 0 Å². The van der Waals surface area contributed by atoms with E-state index in [4.69, 9.17) is 4.65 Å². The molecule has 0 bridgehead atoms. The smallest absolute Gasteiger partial charge is 0.333 e. The van der Waals surface area contributed by atoms with Crippen LogP contribution >= 0.6 is 30.3 Å². The number of nitrogens with zero attached hydrogens (tertiary/aromatic N) is 2. The van der Waals surface area contributed by atoms with Crippen molar-refractivity contribution in [3.8, 4) is 0 Å². The first-order chi connectivity index (χ1) is 10.1. The first-order valence-corrected chi connectivity index (χ1v) is 10.1. The second-order valence-electron chi connectivity index (χ2n) is 6.28. The van der Waals surface area contributed by atoms with E-state index in [0.29, 0.717) is 5.52 Å². The van der Waals surface area contributed by atoms with Gasteiger partial charge in [0.2, 0.25) is 0 Å². The average molecular weight is 433 g/mol. The predicted octanol–water partition coefficient (Wildman–Crippen LogP) is 2.00. The minimum atomic E-state index is -0.993. The van der Waals surface area contributed by atoms with Crippen molar-refractivity contribution in [3.05, 3.63) is 28.8 Å². The normalized spacial score (nSPS) is 12.9. The van der Waals surface area contributed by atoms with Crippen LogP contribution in [0.15, 0.2) is 23.3 Å². The molecule has 119 valence electrons. The Morgan fingerprint density at radius 3 is 2.55 bits per heavy atom. The van der Waals surface area contributed by atoms with Gasteiger partial charge in [0.25, 0.3) is 5.56 Å². The van der Waals surface area contributed by atoms with Gasteiger partial charge in [-0.05, 0) is 39.2 Å². The minimum absolute atomic E-state index is 0.0527. The number of aliphatic hydroxyl groups is 1. The van der Waals surface area contributed by atoms with Crippen LogP contribution in [0.25, 0.3) is 10.9 Å². The van der Waals surface area contributed by atoms with Crippen molar-refractivity contribution in [1.29, 1.82) is 0 Å². The highest BCUT2D eigenvalue weighted by Crippen LogP contribution is 2.25. The van der Waals surface area contributed by atoms with Gasteiger partial charge >= 0.3 is 7.48 Å². The van der Waals surface area contributed by atoms with Gasteiger partial charge in [0.15, 0.2) is 0 Å². The van der Waals surface area contributed by atoms with E-state index in [9.17, 15) is 9.90 Å². The van der Waals surface area contributed by atoms with Crippen LogP contribution in [0.1, 0.15) is 27.7 Å². The maximum Gasteiger partial charge on any atom is 0.333 e. The fourth-order valence-corrected chi connectivity index (χ4v) is 3.20. The Kier molecular flexibility index (Phi) is 5.06. The summed E-state index contributed by atoms with van der Waals surface area (Å²) in [6.07, 6.45) is 3.61. The SMILES string of the molecule is Cn1cc([B]OC(C)(C)C(C)(C)O)c2ccn(SI)c2c1=O. The molecule has 0 fully saturated rings. The third-order valence-corrected chi connectivity index (χ3v) is 5.77. The third kappa shape index (κ3) is 3.24. The lowest BCUT2D eigenvalue weighted by molar-refractivity contribution is -0.0893. The quantitative estimate of drug-likeness (QED) is 0.579. The number of rotatable bonds is 5. The largest absolute Gasteiger partial charge is 0.427 e. The van der Waals surface area contributed by atoms with Gasteiger partial charge in [-0.1, -0.05) is 0 Å². The fraction of sp³-hybridized carbons (Fsp3) is 0.500. The van der Waals surface area contributed by atoms with Gasteiger partial charge in [-0.15, -0.1) is 0 Å². The van der Waals surface area contributed by atoms with E-state index in [-0.39, 0.29) is 5.56 Å². The molecule has 0 saturated heterocycles. The maximum absolute atomic E-state index is 12.3. The third-order valence-electron chi connectivity index (χ3n) is 4.05. The van der Waals surface area contributed by atoms with Crippen molar-refractivity contribution >= 4 is 54.2 Å². The molecule has 22 heavy (non-hydrogen) atoms. The number of hydrogen-bond acceptors (Lipinski definition) is 4. The number of halogens is 1. The summed E-state index contributed by atoms with van der Waals surface area (Å²) in [5, 5.41) is 11.0. The highest BCUT2D eigenvalue weighted by atomic mass is 127. The van der Waals surface area contributed by atoms with Crippen molar-refractivity contribution in [3.63, 3.8) is 0 Å². The van der Waals surface area contributed by atoms with E-state index < -0.39 is 11.2 Å². The summed E-state index contributed by atoms with van der Waals surface area (Å²) in [4.78, 5) is 12.3. The van der Waals surface area contributed by atoms with Crippen LogP contribution in [0.5, 0.6) is 0 Å². The van der Waals surface area contributed by atoms with E-state index in [2.05, 4.69) is 21.2 Å². The number of fused-ring (bicyclic) bond motifs is 1. The second-order valence-corrected chi connectivity index (χ2v) is 7.99. The molecule has 0 amide bonds. The maximum atomic E-state index is 12.3. The van der Waals surface area contributed by atoms with Gasteiger partial charge in [0.05, 0.1) is 11.2 Å². The van der Waals surface area contributed by atoms with Gasteiger partial charge in [0.1, 0.15) is 5.52 Å². The van der Waals surface area contributed by atoms with Crippen LogP contribution in [-0.2, 0) is 11.7 Å². The molecular formula is C14H19BIN2O3S. The molecule has 2 aromatic heterocycles. The lowest BCUT2D eigenvalue weighted by Crippen LogP contribution is -2.49. The zero-order valence-electron chi connectivity index (χ0n) is 13.3. The highest BCUT2D eigenvalue weighted by Gasteiger charge is 2.36. The molecule has 2 heterocycles. The summed E-state index contributed by atoms with van der Waals surface area (Å²) >= 11 is 2.14. The first-order valence-electron chi connectivity index (χ1n) is 6.81. The summed E-state index contributed by atoms with van der Waals surface area (Å²) in [6.45, 7) is 7.07. The van der Waals surface area contributed by atoms with Crippen LogP contribution in [0.3, 0.4) is 0 Å². The summed E-state index contributed by atoms with van der Waals surface area (Å²) in [6, 6.07) is 1.90. The summed E-state index contributed by atoms with van der Waals surface area (Å²) in [5.74, 6) is 0. The summed E-state index contributed by atoms with van der Waals surface area (Å²) < 4.78 is 9.19. The molecule has 1 N–H and O–H groups in total. The summed E-state index contributed by atoms with van der Waals surface area (Å²) in [5.41, 5.74) is -0.371. The number of aryl methyl sites for hydroxylation is 1. The summed E-state index contributed by atoms with van der Waals surface area (Å²) in [7, 11) is 4.77. The van der Waals surface area contributed by atoms with E-state index in [1.54, 1.807) is 34.6 Å². The van der Waals surface area contributed by atoms with E-state index in [0.717, 1.165) is 10.8 Å². The standard InChI is InChI=1S/C14H19BIN2O3S/c1-13(2,20)14(3,4)21-15-10-8-17(5)12(19)11-9(10)6-7-18(11)22-16/h6-8,20H,1-5H3. The van der Waals surface area contributed by atoms with Crippen LogP contribution in [0, 0.1) is 0 Å². The Labute approximate surface area is 147 Å². The van der Waals surface area contributed by atoms with E-state index in [1.807, 2.05) is 30.1 Å². The molecule has 0 aliphatic heterocycles. The lowest BCUT2D eigenvalue weighted by Gasteiger charge is -2.37. The number of pyridine rings is 1. The van der Waals surface area contributed by atoms with Gasteiger partial charge in [-0.25, -0.2) is 0 Å². The van der Waals surface area contributed by atoms with Crippen molar-refractivity contribution in [2.45, 2.75) is 38.9 Å². The van der Waals surface area contributed by atoms with Gasteiger partial charge in [-0.2, -0.15) is 0 Å². The molecule has 2 rings (SSSR count). The fourth-order valence-electron chi connectivity index (χ4n) is 1.87. The zero-order valence-corrected chi connectivity index (χ0v) is 16.2. The van der Waals surface area contributed by atoms with Gasteiger partial charge in [-0.3, -0.25) is 8.77 Å². The van der Waals surface area contributed by atoms with Crippen LogP contribution in [0.2, 0.25) is 0 Å². The molecule has 0 unspecified atom stereocenters. The minimum Gasteiger partial charge on any atom is -0.427 e. The molecule has 0 saturated carbocycles.